The van der Waals surface area contributed by atoms with E-state index >= 15 is 0 Å². The highest BCUT2D eigenvalue weighted by Crippen LogP contribution is 2.28. The molecule has 1 aliphatic rings. The molecular weight excluding hydrogens is 234 g/mol. The fourth-order valence-electron chi connectivity index (χ4n) is 2.96. The number of hydrogen-bond donors (Lipinski definition) is 1. The lowest BCUT2D eigenvalue weighted by molar-refractivity contribution is 0.437. The first-order chi connectivity index (χ1) is 9.25. The van der Waals surface area contributed by atoms with E-state index in [1.165, 1.54) is 35.5 Å². The van der Waals surface area contributed by atoms with Crippen LogP contribution < -0.4 is 5.32 Å². The second-order valence-electron chi connectivity index (χ2n) is 5.45. The standard InChI is InChI=1S/C16H21N3/c1-12-4-3-5-14(10-12)15-11-18-16(19(15)2)13-6-8-17-9-7-13/h3-5,10-11,13,17H,6-9H2,1-2H3. The molecule has 0 unspecified atom stereocenters. The molecule has 0 amide bonds. The Kier molecular flexibility index (Phi) is 3.38. The summed E-state index contributed by atoms with van der Waals surface area (Å²) in [5.41, 5.74) is 3.77. The maximum atomic E-state index is 4.68. The van der Waals surface area contributed by atoms with Crippen LogP contribution >= 0.6 is 0 Å². The molecule has 0 radical (unpaired) electrons. The van der Waals surface area contributed by atoms with Crippen LogP contribution in [0.15, 0.2) is 30.5 Å². The summed E-state index contributed by atoms with van der Waals surface area (Å²) < 4.78 is 2.27. The van der Waals surface area contributed by atoms with Gasteiger partial charge in [0.15, 0.2) is 0 Å². The van der Waals surface area contributed by atoms with Crippen LogP contribution in [0.2, 0.25) is 0 Å². The minimum Gasteiger partial charge on any atom is -0.331 e. The Labute approximate surface area is 114 Å². The normalized spacial score (nSPS) is 16.7. The molecule has 0 saturated carbocycles. The smallest absolute Gasteiger partial charge is 0.112 e. The molecule has 19 heavy (non-hydrogen) atoms. The van der Waals surface area contributed by atoms with Gasteiger partial charge in [0.2, 0.25) is 0 Å². The lowest BCUT2D eigenvalue weighted by Crippen LogP contribution is -2.27. The molecule has 1 fully saturated rings. The zero-order chi connectivity index (χ0) is 13.2. The number of aryl methyl sites for hydroxylation is 1. The van der Waals surface area contributed by atoms with Crippen LogP contribution in [0.25, 0.3) is 11.3 Å². The van der Waals surface area contributed by atoms with E-state index < -0.39 is 0 Å². The number of nitrogens with one attached hydrogen (secondary N) is 1. The maximum Gasteiger partial charge on any atom is 0.112 e. The van der Waals surface area contributed by atoms with Gasteiger partial charge in [-0.15, -0.1) is 0 Å². The van der Waals surface area contributed by atoms with Crippen molar-refractivity contribution >= 4 is 0 Å². The van der Waals surface area contributed by atoms with E-state index in [0.29, 0.717) is 5.92 Å². The average Bonchev–Trinajstić information content (AvgIpc) is 2.81. The second-order valence-corrected chi connectivity index (χ2v) is 5.45. The van der Waals surface area contributed by atoms with Gasteiger partial charge in [-0.1, -0.05) is 23.8 Å². The number of piperidine rings is 1. The zero-order valence-corrected chi connectivity index (χ0v) is 11.7. The third kappa shape index (κ3) is 2.43. The first-order valence-electron chi connectivity index (χ1n) is 7.05. The van der Waals surface area contributed by atoms with Crippen LogP contribution in [0, 0.1) is 6.92 Å². The van der Waals surface area contributed by atoms with Crippen LogP contribution in [-0.4, -0.2) is 22.6 Å². The number of aromatic nitrogens is 2. The van der Waals surface area contributed by atoms with Crippen molar-refractivity contribution in [1.29, 1.82) is 0 Å². The third-order valence-electron chi connectivity index (χ3n) is 4.04. The molecule has 3 heteroatoms. The molecule has 1 N–H and O–H groups in total. The highest BCUT2D eigenvalue weighted by atomic mass is 15.1. The van der Waals surface area contributed by atoms with Gasteiger partial charge in [-0.25, -0.2) is 4.98 Å². The number of rotatable bonds is 2. The molecule has 1 aliphatic heterocycles. The molecular formula is C16H21N3. The van der Waals surface area contributed by atoms with Crippen LogP contribution in [0.5, 0.6) is 0 Å². The Morgan fingerprint density at radius 2 is 2.05 bits per heavy atom. The van der Waals surface area contributed by atoms with Crippen LogP contribution in [0.4, 0.5) is 0 Å². The Bertz CT molecular complexity index is 565. The van der Waals surface area contributed by atoms with Crippen molar-refractivity contribution in [3.05, 3.63) is 41.9 Å². The SMILES string of the molecule is Cc1cccc(-c2cnc(C3CCNCC3)n2C)c1. The summed E-state index contributed by atoms with van der Waals surface area (Å²) in [7, 11) is 2.14. The van der Waals surface area contributed by atoms with Crippen molar-refractivity contribution in [2.24, 2.45) is 7.05 Å². The molecule has 0 bridgehead atoms. The van der Waals surface area contributed by atoms with Crippen LogP contribution in [0.1, 0.15) is 30.1 Å². The molecule has 3 nitrogen and oxygen atoms in total. The van der Waals surface area contributed by atoms with E-state index in [4.69, 9.17) is 0 Å². The summed E-state index contributed by atoms with van der Waals surface area (Å²) in [5.74, 6) is 1.84. The molecule has 0 atom stereocenters. The van der Waals surface area contributed by atoms with Crippen molar-refractivity contribution in [2.75, 3.05) is 13.1 Å². The van der Waals surface area contributed by atoms with Gasteiger partial charge in [-0.05, 0) is 38.9 Å². The predicted octanol–water partition coefficient (Wildman–Crippen LogP) is 2.86. The molecule has 1 aromatic carbocycles. The third-order valence-corrected chi connectivity index (χ3v) is 4.04. The first kappa shape index (κ1) is 12.4. The highest BCUT2D eigenvalue weighted by molar-refractivity contribution is 5.60. The van der Waals surface area contributed by atoms with Gasteiger partial charge in [0.05, 0.1) is 11.9 Å². The molecule has 1 saturated heterocycles. The first-order valence-corrected chi connectivity index (χ1v) is 7.05. The Balaban J connectivity index is 1.94. The fourth-order valence-corrected chi connectivity index (χ4v) is 2.96. The minimum atomic E-state index is 0.602. The van der Waals surface area contributed by atoms with E-state index in [0.717, 1.165) is 13.1 Å². The lowest BCUT2D eigenvalue weighted by Gasteiger charge is -2.22. The van der Waals surface area contributed by atoms with Gasteiger partial charge in [0.25, 0.3) is 0 Å². The van der Waals surface area contributed by atoms with Crippen molar-refractivity contribution in [2.45, 2.75) is 25.7 Å². The lowest BCUT2D eigenvalue weighted by atomic mass is 9.97. The van der Waals surface area contributed by atoms with Crippen LogP contribution in [-0.2, 0) is 7.05 Å². The quantitative estimate of drug-likeness (QED) is 0.894. The molecule has 2 heterocycles. The largest absolute Gasteiger partial charge is 0.331 e. The highest BCUT2D eigenvalue weighted by Gasteiger charge is 2.20. The fraction of sp³-hybridized carbons (Fsp3) is 0.438. The number of hydrogen-bond acceptors (Lipinski definition) is 2. The average molecular weight is 255 g/mol. The van der Waals surface area contributed by atoms with Gasteiger partial charge in [0, 0.05) is 18.5 Å². The van der Waals surface area contributed by atoms with Crippen molar-refractivity contribution < 1.29 is 0 Å². The summed E-state index contributed by atoms with van der Waals surface area (Å²) in [4.78, 5) is 4.68. The van der Waals surface area contributed by atoms with Crippen molar-refractivity contribution in [1.82, 2.24) is 14.9 Å². The number of imidazole rings is 1. The van der Waals surface area contributed by atoms with E-state index in [1.54, 1.807) is 0 Å². The molecule has 100 valence electrons. The Hall–Kier alpha value is -1.61. The van der Waals surface area contributed by atoms with Crippen molar-refractivity contribution in [3.63, 3.8) is 0 Å². The Morgan fingerprint density at radius 1 is 1.26 bits per heavy atom. The van der Waals surface area contributed by atoms with E-state index in [2.05, 4.69) is 53.1 Å². The molecule has 1 aromatic heterocycles. The summed E-state index contributed by atoms with van der Waals surface area (Å²) in [6.07, 6.45) is 4.41. The Morgan fingerprint density at radius 3 is 2.79 bits per heavy atom. The van der Waals surface area contributed by atoms with E-state index in [1.807, 2.05) is 6.20 Å². The van der Waals surface area contributed by atoms with Gasteiger partial charge >= 0.3 is 0 Å². The monoisotopic (exact) mass is 255 g/mol. The summed E-state index contributed by atoms with van der Waals surface area (Å²) >= 11 is 0. The van der Waals surface area contributed by atoms with Crippen LogP contribution in [0.3, 0.4) is 0 Å². The molecule has 2 aromatic rings. The van der Waals surface area contributed by atoms with Gasteiger partial charge in [-0.2, -0.15) is 0 Å². The summed E-state index contributed by atoms with van der Waals surface area (Å²) in [6.45, 7) is 4.35. The second kappa shape index (κ2) is 5.17. The number of benzene rings is 1. The predicted molar refractivity (Wildman–Crippen MR) is 78.2 cm³/mol. The van der Waals surface area contributed by atoms with E-state index in [-0.39, 0.29) is 0 Å². The summed E-state index contributed by atoms with van der Waals surface area (Å²) in [5, 5.41) is 3.41. The molecule has 0 aliphatic carbocycles. The minimum absolute atomic E-state index is 0.602. The van der Waals surface area contributed by atoms with E-state index in [9.17, 15) is 0 Å². The number of nitrogens with zero attached hydrogens (tertiary/aromatic N) is 2. The summed E-state index contributed by atoms with van der Waals surface area (Å²) in [6, 6.07) is 8.63. The van der Waals surface area contributed by atoms with Crippen molar-refractivity contribution in [3.8, 4) is 11.3 Å². The molecule has 0 spiro atoms. The maximum absolute atomic E-state index is 4.68. The van der Waals surface area contributed by atoms with Gasteiger partial charge in [0.1, 0.15) is 5.82 Å². The van der Waals surface area contributed by atoms with Gasteiger partial charge < -0.3 is 9.88 Å². The zero-order valence-electron chi connectivity index (χ0n) is 11.7. The van der Waals surface area contributed by atoms with Gasteiger partial charge in [-0.3, -0.25) is 0 Å². The topological polar surface area (TPSA) is 29.9 Å². The molecule has 3 rings (SSSR count).